The Morgan fingerprint density at radius 1 is 1.31 bits per heavy atom. The molecule has 3 atom stereocenters. The molecular weight excluding hydrogens is 210 g/mol. The number of likely N-dealkylation sites (tertiary alicyclic amines) is 1. The van der Waals surface area contributed by atoms with E-state index >= 15 is 0 Å². The largest absolute Gasteiger partial charge is 0.480 e. The molecule has 5 nitrogen and oxygen atoms in total. The minimum Gasteiger partial charge on any atom is -0.480 e. The summed E-state index contributed by atoms with van der Waals surface area (Å²) in [6.45, 7) is 1.36. The fraction of sp³-hybridized carbons (Fsp3) is 0.545. The third-order valence-corrected chi connectivity index (χ3v) is 3.29. The van der Waals surface area contributed by atoms with Crippen LogP contribution in [0.1, 0.15) is 19.8 Å². The number of fused-ring (bicyclic) bond motifs is 1. The van der Waals surface area contributed by atoms with Gasteiger partial charge in [0.1, 0.15) is 6.04 Å². The van der Waals surface area contributed by atoms with Crippen molar-refractivity contribution in [1.29, 1.82) is 0 Å². The number of nitrogens with zero attached hydrogens (tertiary/aromatic N) is 1. The predicted molar refractivity (Wildman–Crippen MR) is 54.3 cm³/mol. The lowest BCUT2D eigenvalue weighted by Gasteiger charge is -2.18. The van der Waals surface area contributed by atoms with E-state index < -0.39 is 12.0 Å². The van der Waals surface area contributed by atoms with Gasteiger partial charge in [0.2, 0.25) is 11.8 Å². The molecule has 0 aromatic heterocycles. The molecule has 1 aliphatic heterocycles. The first-order valence-electron chi connectivity index (χ1n) is 5.28. The van der Waals surface area contributed by atoms with Crippen LogP contribution in [-0.2, 0) is 14.4 Å². The highest BCUT2D eigenvalue weighted by Gasteiger charge is 2.50. The van der Waals surface area contributed by atoms with Crippen LogP contribution in [0, 0.1) is 11.8 Å². The zero-order chi connectivity index (χ0) is 11.9. The van der Waals surface area contributed by atoms with Gasteiger partial charge in [0.15, 0.2) is 0 Å². The predicted octanol–water partition coefficient (Wildman–Crippen LogP) is 0.411. The van der Waals surface area contributed by atoms with Crippen LogP contribution in [0.3, 0.4) is 0 Å². The summed E-state index contributed by atoms with van der Waals surface area (Å²) in [5, 5.41) is 8.85. The van der Waals surface area contributed by atoms with Gasteiger partial charge in [0, 0.05) is 0 Å². The van der Waals surface area contributed by atoms with Crippen molar-refractivity contribution in [2.75, 3.05) is 0 Å². The van der Waals surface area contributed by atoms with Gasteiger partial charge in [-0.05, 0) is 19.8 Å². The van der Waals surface area contributed by atoms with E-state index in [0.29, 0.717) is 12.8 Å². The average molecular weight is 223 g/mol. The van der Waals surface area contributed by atoms with Crippen molar-refractivity contribution in [2.24, 2.45) is 11.8 Å². The summed E-state index contributed by atoms with van der Waals surface area (Å²) in [7, 11) is 0. The number of carboxylic acids is 1. The molecule has 0 bridgehead atoms. The summed E-state index contributed by atoms with van der Waals surface area (Å²) >= 11 is 0. The number of aliphatic carboxylic acids is 1. The molecule has 16 heavy (non-hydrogen) atoms. The first-order valence-corrected chi connectivity index (χ1v) is 5.28. The molecule has 1 saturated heterocycles. The van der Waals surface area contributed by atoms with Crippen LogP contribution in [0.5, 0.6) is 0 Å². The molecule has 0 aromatic rings. The third kappa shape index (κ3) is 1.43. The van der Waals surface area contributed by atoms with Crippen molar-refractivity contribution in [3.8, 4) is 0 Å². The van der Waals surface area contributed by atoms with E-state index in [1.165, 1.54) is 6.92 Å². The van der Waals surface area contributed by atoms with E-state index in [9.17, 15) is 14.4 Å². The molecule has 0 saturated carbocycles. The Bertz CT molecular complexity index is 361. The molecular formula is C11H13NO4. The van der Waals surface area contributed by atoms with E-state index in [0.717, 1.165) is 4.90 Å². The van der Waals surface area contributed by atoms with Crippen molar-refractivity contribution < 1.29 is 19.5 Å². The minimum atomic E-state index is -1.15. The van der Waals surface area contributed by atoms with Crippen molar-refractivity contribution in [1.82, 2.24) is 4.90 Å². The van der Waals surface area contributed by atoms with E-state index in [1.807, 2.05) is 12.2 Å². The molecule has 0 spiro atoms. The number of carboxylic acid groups (broad SMARTS) is 1. The molecule has 1 aliphatic carbocycles. The summed E-state index contributed by atoms with van der Waals surface area (Å²) in [5.41, 5.74) is 0. The van der Waals surface area contributed by atoms with Crippen LogP contribution in [0.4, 0.5) is 0 Å². The van der Waals surface area contributed by atoms with Crippen LogP contribution < -0.4 is 0 Å². The maximum Gasteiger partial charge on any atom is 0.326 e. The van der Waals surface area contributed by atoms with Crippen molar-refractivity contribution in [3.63, 3.8) is 0 Å². The van der Waals surface area contributed by atoms with Crippen LogP contribution in [-0.4, -0.2) is 33.8 Å². The van der Waals surface area contributed by atoms with E-state index in [1.54, 1.807) is 0 Å². The van der Waals surface area contributed by atoms with Gasteiger partial charge >= 0.3 is 5.97 Å². The Morgan fingerprint density at radius 2 is 1.75 bits per heavy atom. The minimum absolute atomic E-state index is 0.339. The monoisotopic (exact) mass is 223 g/mol. The smallest absolute Gasteiger partial charge is 0.326 e. The molecule has 1 fully saturated rings. The number of rotatable bonds is 2. The zero-order valence-electron chi connectivity index (χ0n) is 8.92. The second-order valence-corrected chi connectivity index (χ2v) is 4.22. The maximum atomic E-state index is 11.9. The fourth-order valence-corrected chi connectivity index (χ4v) is 2.32. The molecule has 0 aromatic carbocycles. The summed E-state index contributed by atoms with van der Waals surface area (Å²) in [6.07, 6.45) is 4.83. The summed E-state index contributed by atoms with van der Waals surface area (Å²) < 4.78 is 0. The van der Waals surface area contributed by atoms with Gasteiger partial charge in [-0.25, -0.2) is 4.79 Å². The lowest BCUT2D eigenvalue weighted by Crippen LogP contribution is -2.43. The second kappa shape index (κ2) is 3.73. The second-order valence-electron chi connectivity index (χ2n) is 4.22. The van der Waals surface area contributed by atoms with Gasteiger partial charge in [-0.1, -0.05) is 12.2 Å². The Balaban J connectivity index is 2.27. The molecule has 86 valence electrons. The molecule has 2 rings (SSSR count). The number of carbonyl (C=O) groups excluding carboxylic acids is 2. The van der Waals surface area contributed by atoms with E-state index in [-0.39, 0.29) is 23.7 Å². The Labute approximate surface area is 92.7 Å². The average Bonchev–Trinajstić information content (AvgIpc) is 2.52. The van der Waals surface area contributed by atoms with Gasteiger partial charge in [0.25, 0.3) is 0 Å². The number of hydrogen-bond acceptors (Lipinski definition) is 3. The molecule has 2 aliphatic rings. The quantitative estimate of drug-likeness (QED) is 0.543. The highest BCUT2D eigenvalue weighted by Crippen LogP contribution is 2.35. The summed E-state index contributed by atoms with van der Waals surface area (Å²) in [4.78, 5) is 35.5. The molecule has 1 N–H and O–H groups in total. The molecule has 0 radical (unpaired) electrons. The number of amides is 2. The maximum absolute atomic E-state index is 11.9. The number of carbonyl (C=O) groups is 3. The van der Waals surface area contributed by atoms with Crippen molar-refractivity contribution in [2.45, 2.75) is 25.8 Å². The van der Waals surface area contributed by atoms with Crippen molar-refractivity contribution in [3.05, 3.63) is 12.2 Å². The number of imide groups is 1. The van der Waals surface area contributed by atoms with Crippen molar-refractivity contribution >= 4 is 17.8 Å². The SMILES string of the molecule is C[C@H](C(=O)O)N1C(=O)[C@@H]2CC=CC[C@H]2C1=O. The molecule has 2 amide bonds. The highest BCUT2D eigenvalue weighted by molar-refractivity contribution is 6.07. The van der Waals surface area contributed by atoms with Gasteiger partial charge in [0.05, 0.1) is 11.8 Å². The van der Waals surface area contributed by atoms with E-state index in [2.05, 4.69) is 0 Å². The molecule has 5 heteroatoms. The lowest BCUT2D eigenvalue weighted by atomic mass is 9.85. The summed E-state index contributed by atoms with van der Waals surface area (Å²) in [6, 6.07) is -1.06. The van der Waals surface area contributed by atoms with Gasteiger partial charge in [-0.2, -0.15) is 0 Å². The first-order chi connectivity index (χ1) is 7.54. The molecule has 1 heterocycles. The Morgan fingerprint density at radius 3 is 2.12 bits per heavy atom. The van der Waals surface area contributed by atoms with Gasteiger partial charge < -0.3 is 5.11 Å². The van der Waals surface area contributed by atoms with E-state index in [4.69, 9.17) is 5.11 Å². The van der Waals surface area contributed by atoms with Crippen LogP contribution in [0.25, 0.3) is 0 Å². The van der Waals surface area contributed by atoms with Crippen LogP contribution >= 0.6 is 0 Å². The topological polar surface area (TPSA) is 74.7 Å². The normalized spacial score (nSPS) is 30.4. The van der Waals surface area contributed by atoms with Gasteiger partial charge in [-0.3, -0.25) is 14.5 Å². The Hall–Kier alpha value is -1.65. The van der Waals surface area contributed by atoms with Gasteiger partial charge in [-0.15, -0.1) is 0 Å². The number of hydrogen-bond donors (Lipinski definition) is 1. The number of allylic oxidation sites excluding steroid dienone is 2. The standard InChI is InChI=1S/C11H13NO4/c1-6(11(15)16)12-9(13)7-4-2-3-5-8(7)10(12)14/h2-3,6-8H,4-5H2,1H3,(H,15,16)/t6-,7-,8-/m1/s1. The zero-order valence-corrected chi connectivity index (χ0v) is 8.92. The van der Waals surface area contributed by atoms with Crippen LogP contribution in [0.2, 0.25) is 0 Å². The summed E-state index contributed by atoms with van der Waals surface area (Å²) in [5.74, 6) is -2.52. The molecule has 0 unspecified atom stereocenters. The Kier molecular flexibility index (Phi) is 2.53. The van der Waals surface area contributed by atoms with Crippen LogP contribution in [0.15, 0.2) is 12.2 Å². The fourth-order valence-electron chi connectivity index (χ4n) is 2.32. The third-order valence-electron chi connectivity index (χ3n) is 3.29. The first kappa shape index (κ1) is 10.9. The highest BCUT2D eigenvalue weighted by atomic mass is 16.4. The lowest BCUT2D eigenvalue weighted by molar-refractivity contribution is -0.154.